The monoisotopic (exact) mass is 523 g/mol. The molecule has 1 aliphatic heterocycles. The number of carbonyl (C=O) groups is 1. The number of ether oxygens (including phenoxy) is 3. The number of alkyl halides is 2. The number of hydrogen-bond donors (Lipinski definition) is 2. The van der Waals surface area contributed by atoms with Gasteiger partial charge in [-0.2, -0.15) is 8.78 Å². The van der Waals surface area contributed by atoms with Crippen LogP contribution in [0.15, 0.2) is 18.2 Å². The first kappa shape index (κ1) is 30.4. The molecule has 2 heterocycles. The van der Waals surface area contributed by atoms with Gasteiger partial charge in [-0.1, -0.05) is 33.1 Å². The first-order valence-electron chi connectivity index (χ1n) is 13.0. The molecular formula is C27H39F2N3O5. The number of anilines is 1. The molecule has 0 saturated carbocycles. The minimum absolute atomic E-state index is 0.0784. The third-order valence-corrected chi connectivity index (χ3v) is 6.10. The van der Waals surface area contributed by atoms with Gasteiger partial charge < -0.3 is 24.6 Å². The fraction of sp³-hybridized carbons (Fsp3) is 0.593. The zero-order valence-corrected chi connectivity index (χ0v) is 22.0. The lowest BCUT2D eigenvalue weighted by molar-refractivity contribution is -0.128. The molecule has 8 nitrogen and oxygen atoms in total. The number of aromatic nitrogens is 2. The molecule has 2 aromatic rings. The highest BCUT2D eigenvalue weighted by molar-refractivity contribution is 5.71. The molecule has 2 N–H and O–H groups in total. The first-order chi connectivity index (χ1) is 18.0. The molecule has 0 spiro atoms. The van der Waals surface area contributed by atoms with Gasteiger partial charge in [0.25, 0.3) is 6.47 Å². The van der Waals surface area contributed by atoms with Crippen LogP contribution in [-0.4, -0.2) is 47.6 Å². The fourth-order valence-corrected chi connectivity index (χ4v) is 4.19. The van der Waals surface area contributed by atoms with Crippen molar-refractivity contribution in [2.75, 3.05) is 18.5 Å². The van der Waals surface area contributed by atoms with Crippen LogP contribution in [0, 0.1) is 0 Å². The molecule has 0 amide bonds. The average Bonchev–Trinajstić information content (AvgIpc) is 2.97. The van der Waals surface area contributed by atoms with Gasteiger partial charge >= 0.3 is 6.61 Å². The van der Waals surface area contributed by atoms with Crippen LogP contribution in [0.2, 0.25) is 0 Å². The number of fused-ring (bicyclic) bond motifs is 3. The van der Waals surface area contributed by atoms with E-state index in [1.54, 1.807) is 19.1 Å². The van der Waals surface area contributed by atoms with Gasteiger partial charge in [0.1, 0.15) is 5.75 Å². The standard InChI is InChI=1S/C24H33F2N3O3.C3H6O2/c1-3-5-6-8-17(4-2)27-23-21(14-30)20-9-7-12-31-15-16-13-18(32-24(25)26)10-11-19(16)22(20)28-29-23;1-2-5-3-4/h10-11,13,17,24,30H,3-9,12,14-15H2,1-2H3,(H,27,29);3H,2H2,1H3/t17-;/m0./s1. The molecule has 1 aromatic carbocycles. The van der Waals surface area contributed by atoms with Crippen molar-refractivity contribution >= 4 is 12.3 Å². The van der Waals surface area contributed by atoms with E-state index in [9.17, 15) is 18.7 Å². The molecule has 0 saturated heterocycles. The van der Waals surface area contributed by atoms with Gasteiger partial charge in [0.2, 0.25) is 0 Å². The zero-order valence-electron chi connectivity index (χ0n) is 22.0. The molecule has 1 aromatic heterocycles. The Balaban J connectivity index is 0.000000877. The van der Waals surface area contributed by atoms with E-state index in [4.69, 9.17) is 4.74 Å². The van der Waals surface area contributed by atoms with Crippen LogP contribution in [-0.2, 0) is 33.9 Å². The summed E-state index contributed by atoms with van der Waals surface area (Å²) in [7, 11) is 0. The Bertz CT molecular complexity index is 962. The van der Waals surface area contributed by atoms with E-state index >= 15 is 0 Å². The number of nitrogens with one attached hydrogen (secondary N) is 1. The van der Waals surface area contributed by atoms with Crippen molar-refractivity contribution in [1.82, 2.24) is 10.2 Å². The Labute approximate surface area is 217 Å². The summed E-state index contributed by atoms with van der Waals surface area (Å²) in [6.45, 7) is 4.72. The number of nitrogens with zero attached hydrogens (tertiary/aromatic N) is 2. The highest BCUT2D eigenvalue weighted by Crippen LogP contribution is 2.34. The number of aliphatic hydroxyl groups excluding tert-OH is 1. The van der Waals surface area contributed by atoms with Gasteiger partial charge in [-0.25, -0.2) is 0 Å². The number of benzene rings is 1. The number of rotatable bonds is 12. The van der Waals surface area contributed by atoms with Crippen molar-refractivity contribution in [1.29, 1.82) is 0 Å². The van der Waals surface area contributed by atoms with E-state index in [0.29, 0.717) is 43.2 Å². The second kappa shape index (κ2) is 16.8. The zero-order chi connectivity index (χ0) is 27.0. The molecule has 37 heavy (non-hydrogen) atoms. The average molecular weight is 524 g/mol. The van der Waals surface area contributed by atoms with Crippen LogP contribution >= 0.6 is 0 Å². The van der Waals surface area contributed by atoms with Gasteiger partial charge in [-0.3, -0.25) is 4.79 Å². The Morgan fingerprint density at radius 2 is 2.03 bits per heavy atom. The van der Waals surface area contributed by atoms with Gasteiger partial charge in [0.05, 0.1) is 25.5 Å². The second-order valence-electron chi connectivity index (χ2n) is 8.66. The SMILES string of the molecule is CCCCC[C@H](CC)Nc1nnc2c(c1CO)CCCOCc1cc(OC(F)F)ccc1-2.CCOC=O. The minimum Gasteiger partial charge on any atom is -0.468 e. The Kier molecular flexibility index (Phi) is 13.8. The van der Waals surface area contributed by atoms with Crippen LogP contribution < -0.4 is 10.1 Å². The summed E-state index contributed by atoms with van der Waals surface area (Å²) < 4.78 is 39.8. The summed E-state index contributed by atoms with van der Waals surface area (Å²) in [4.78, 5) is 9.18. The van der Waals surface area contributed by atoms with E-state index in [2.05, 4.69) is 38.8 Å². The molecule has 1 aliphatic rings. The van der Waals surface area contributed by atoms with Gasteiger partial charge in [0.15, 0.2) is 5.82 Å². The maximum atomic E-state index is 12.7. The molecule has 0 radical (unpaired) electrons. The summed E-state index contributed by atoms with van der Waals surface area (Å²) in [6, 6.07) is 5.03. The predicted molar refractivity (Wildman–Crippen MR) is 138 cm³/mol. The van der Waals surface area contributed by atoms with Crippen molar-refractivity contribution in [2.24, 2.45) is 0 Å². The Hall–Kier alpha value is -2.85. The van der Waals surface area contributed by atoms with Crippen LogP contribution in [0.4, 0.5) is 14.6 Å². The van der Waals surface area contributed by atoms with Gasteiger partial charge in [0, 0.05) is 23.8 Å². The highest BCUT2D eigenvalue weighted by atomic mass is 19.3. The maximum absolute atomic E-state index is 12.7. The number of unbranched alkanes of at least 4 members (excludes halogenated alkanes) is 2. The van der Waals surface area contributed by atoms with Gasteiger partial charge in [-0.05, 0) is 61.9 Å². The normalized spacial score (nSPS) is 13.6. The fourth-order valence-electron chi connectivity index (χ4n) is 4.19. The van der Waals surface area contributed by atoms with E-state index in [1.807, 2.05) is 0 Å². The molecule has 0 bridgehead atoms. The van der Waals surface area contributed by atoms with E-state index in [-0.39, 0.29) is 25.0 Å². The third kappa shape index (κ3) is 9.51. The third-order valence-electron chi connectivity index (χ3n) is 6.10. The molecule has 0 aliphatic carbocycles. The summed E-state index contributed by atoms with van der Waals surface area (Å²) in [6.07, 6.45) is 6.93. The minimum atomic E-state index is -2.89. The molecule has 1 atom stereocenters. The van der Waals surface area contributed by atoms with Crippen LogP contribution in [0.25, 0.3) is 11.3 Å². The van der Waals surface area contributed by atoms with Crippen LogP contribution in [0.1, 0.15) is 76.0 Å². The molecule has 206 valence electrons. The topological polar surface area (TPSA) is 103 Å². The largest absolute Gasteiger partial charge is 0.468 e. The molecule has 0 fully saturated rings. The van der Waals surface area contributed by atoms with E-state index in [0.717, 1.165) is 42.4 Å². The quantitative estimate of drug-likeness (QED) is 0.272. The lowest BCUT2D eigenvalue weighted by Gasteiger charge is -2.22. The van der Waals surface area contributed by atoms with Crippen molar-refractivity contribution in [3.8, 4) is 17.0 Å². The van der Waals surface area contributed by atoms with Crippen molar-refractivity contribution < 1.29 is 32.9 Å². The summed E-state index contributed by atoms with van der Waals surface area (Å²) in [5.41, 5.74) is 3.78. The Morgan fingerprint density at radius 3 is 2.65 bits per heavy atom. The summed E-state index contributed by atoms with van der Waals surface area (Å²) >= 11 is 0. The highest BCUT2D eigenvalue weighted by Gasteiger charge is 2.22. The number of halogens is 2. The Morgan fingerprint density at radius 1 is 1.22 bits per heavy atom. The molecule has 10 heteroatoms. The maximum Gasteiger partial charge on any atom is 0.387 e. The van der Waals surface area contributed by atoms with Crippen LogP contribution in [0.3, 0.4) is 0 Å². The molecular weight excluding hydrogens is 484 g/mol. The van der Waals surface area contributed by atoms with Crippen molar-refractivity contribution in [3.63, 3.8) is 0 Å². The molecule has 0 unspecified atom stereocenters. The first-order valence-corrected chi connectivity index (χ1v) is 13.0. The lowest BCUT2D eigenvalue weighted by Crippen LogP contribution is -2.21. The number of hydrogen-bond acceptors (Lipinski definition) is 8. The smallest absolute Gasteiger partial charge is 0.387 e. The number of carbonyl (C=O) groups excluding carboxylic acids is 1. The summed E-state index contributed by atoms with van der Waals surface area (Å²) in [5, 5.41) is 22.7. The molecule has 3 rings (SSSR count). The predicted octanol–water partition coefficient (Wildman–Crippen LogP) is 5.65. The van der Waals surface area contributed by atoms with E-state index in [1.165, 1.54) is 18.9 Å². The van der Waals surface area contributed by atoms with Crippen LogP contribution in [0.5, 0.6) is 5.75 Å². The lowest BCUT2D eigenvalue weighted by atomic mass is 9.95. The second-order valence-corrected chi connectivity index (χ2v) is 8.66. The van der Waals surface area contributed by atoms with Crippen molar-refractivity contribution in [2.45, 2.75) is 91.6 Å². The summed E-state index contributed by atoms with van der Waals surface area (Å²) in [5.74, 6) is 0.698. The van der Waals surface area contributed by atoms with Gasteiger partial charge in [-0.15, -0.1) is 10.2 Å². The van der Waals surface area contributed by atoms with E-state index < -0.39 is 6.61 Å². The van der Waals surface area contributed by atoms with Crippen molar-refractivity contribution in [3.05, 3.63) is 34.9 Å². The number of aliphatic hydroxyl groups is 1.